The fraction of sp³-hybridized carbons (Fsp3) is 0.919. The molecule has 4 atom stereocenters. The topological polar surface area (TPSA) is 114 Å². The van der Waals surface area contributed by atoms with Gasteiger partial charge in [-0.15, -0.1) is 0 Å². The molecule has 1 aliphatic heterocycles. The number of carboxylic acid groups (broad SMARTS) is 1. The van der Waals surface area contributed by atoms with E-state index in [4.69, 9.17) is 9.47 Å². The molecular weight excluding hydrogens is 568 g/mol. The minimum absolute atomic E-state index is 0.0204. The van der Waals surface area contributed by atoms with Gasteiger partial charge in [-0.3, -0.25) is 14.4 Å². The molecule has 0 spiro atoms. The van der Waals surface area contributed by atoms with Crippen LogP contribution in [0.5, 0.6) is 0 Å². The van der Waals surface area contributed by atoms with Gasteiger partial charge in [-0.05, 0) is 51.9 Å². The molecule has 2 aliphatic carbocycles. The molecule has 1 saturated heterocycles. The Kier molecular flexibility index (Phi) is 15.1. The van der Waals surface area contributed by atoms with Crippen LogP contribution in [0.15, 0.2) is 0 Å². The molecule has 1 heterocycles. The van der Waals surface area contributed by atoms with Crippen LogP contribution in [0.1, 0.15) is 163 Å². The fourth-order valence-corrected chi connectivity index (χ4v) is 7.69. The standard InChI is InChI=1S/C37H66N2O6/c1-6-7-8-9-10-11-12-13-14-15-16-17-18-23-37(24-20-25-37)34(43)39-30-22-19-21-28(30)29(33(41)42)26-38-32(40)31-35(2,3)27-44-36(4,5)45-31/h28-31H,6-27H2,1-5H3,(H,38,40)(H,39,43)(H,41,42). The molecule has 45 heavy (non-hydrogen) atoms. The normalized spacial score (nSPS) is 25.7. The Balaban J connectivity index is 1.41. The van der Waals surface area contributed by atoms with Crippen LogP contribution < -0.4 is 10.6 Å². The SMILES string of the molecule is CCCCCCCCCCCCCCCC1(C(=O)NC2CCCC2C(CNC(=O)C2OC(C)(C)OCC2(C)C)C(=O)O)CCC1. The summed E-state index contributed by atoms with van der Waals surface area (Å²) in [6, 6.07) is -0.172. The number of hydrogen-bond acceptors (Lipinski definition) is 5. The molecule has 4 unspecified atom stereocenters. The van der Waals surface area contributed by atoms with Crippen molar-refractivity contribution < 1.29 is 29.0 Å². The number of hydrogen-bond donors (Lipinski definition) is 3. The predicted octanol–water partition coefficient (Wildman–Crippen LogP) is 7.92. The van der Waals surface area contributed by atoms with E-state index in [0.29, 0.717) is 6.61 Å². The van der Waals surface area contributed by atoms with E-state index in [1.54, 1.807) is 13.8 Å². The Hall–Kier alpha value is -1.67. The molecule has 3 N–H and O–H groups in total. The van der Waals surface area contributed by atoms with Gasteiger partial charge in [0, 0.05) is 23.4 Å². The highest BCUT2D eigenvalue weighted by Crippen LogP contribution is 2.46. The first-order valence-corrected chi connectivity index (χ1v) is 18.5. The zero-order valence-corrected chi connectivity index (χ0v) is 29.4. The van der Waals surface area contributed by atoms with Crippen LogP contribution in [-0.2, 0) is 23.9 Å². The highest BCUT2D eigenvalue weighted by atomic mass is 16.7. The van der Waals surface area contributed by atoms with Crippen molar-refractivity contribution in [3.63, 3.8) is 0 Å². The molecule has 0 radical (unpaired) electrons. The van der Waals surface area contributed by atoms with Gasteiger partial charge in [0.2, 0.25) is 11.8 Å². The van der Waals surface area contributed by atoms with Crippen molar-refractivity contribution in [1.82, 2.24) is 10.6 Å². The fourth-order valence-electron chi connectivity index (χ4n) is 7.69. The van der Waals surface area contributed by atoms with Gasteiger partial charge in [0.1, 0.15) is 6.10 Å². The Bertz CT molecular complexity index is 930. The van der Waals surface area contributed by atoms with Crippen LogP contribution in [0.4, 0.5) is 0 Å². The largest absolute Gasteiger partial charge is 0.481 e. The average molecular weight is 635 g/mol. The van der Waals surface area contributed by atoms with Crippen LogP contribution in [-0.4, -0.2) is 54.0 Å². The Morgan fingerprint density at radius 2 is 1.40 bits per heavy atom. The van der Waals surface area contributed by atoms with Crippen molar-refractivity contribution in [1.29, 1.82) is 0 Å². The third-order valence-corrected chi connectivity index (χ3v) is 10.9. The van der Waals surface area contributed by atoms with E-state index in [9.17, 15) is 19.5 Å². The van der Waals surface area contributed by atoms with Crippen LogP contribution in [0.2, 0.25) is 0 Å². The van der Waals surface area contributed by atoms with Crippen LogP contribution >= 0.6 is 0 Å². The summed E-state index contributed by atoms with van der Waals surface area (Å²) < 4.78 is 11.7. The maximum Gasteiger partial charge on any atom is 0.308 e. The lowest BCUT2D eigenvalue weighted by molar-refractivity contribution is -0.304. The molecule has 260 valence electrons. The lowest BCUT2D eigenvalue weighted by Gasteiger charge is -2.45. The summed E-state index contributed by atoms with van der Waals surface area (Å²) in [7, 11) is 0. The highest BCUT2D eigenvalue weighted by molar-refractivity contribution is 5.84. The number of rotatable bonds is 21. The summed E-state index contributed by atoms with van der Waals surface area (Å²) in [5, 5.41) is 16.4. The van der Waals surface area contributed by atoms with Crippen molar-refractivity contribution in [3.05, 3.63) is 0 Å². The van der Waals surface area contributed by atoms with E-state index >= 15 is 0 Å². The third-order valence-electron chi connectivity index (χ3n) is 10.9. The maximum atomic E-state index is 13.6. The lowest BCUT2D eigenvalue weighted by atomic mass is 9.65. The smallest absolute Gasteiger partial charge is 0.308 e. The summed E-state index contributed by atoms with van der Waals surface area (Å²) in [6.07, 6.45) is 22.7. The Morgan fingerprint density at radius 3 is 1.93 bits per heavy atom. The zero-order chi connectivity index (χ0) is 32.9. The van der Waals surface area contributed by atoms with E-state index in [1.807, 2.05) is 13.8 Å². The molecule has 3 aliphatic rings. The second-order valence-corrected chi connectivity index (χ2v) is 15.7. The maximum absolute atomic E-state index is 13.6. The lowest BCUT2D eigenvalue weighted by Crippen LogP contribution is -2.57. The molecule has 0 bridgehead atoms. The Labute approximate surface area is 273 Å². The van der Waals surface area contributed by atoms with Gasteiger partial charge in [0.15, 0.2) is 5.79 Å². The van der Waals surface area contributed by atoms with Crippen molar-refractivity contribution >= 4 is 17.8 Å². The van der Waals surface area contributed by atoms with Gasteiger partial charge in [0.25, 0.3) is 0 Å². The number of nitrogens with one attached hydrogen (secondary N) is 2. The molecule has 2 amide bonds. The number of amides is 2. The minimum Gasteiger partial charge on any atom is -0.481 e. The van der Waals surface area contributed by atoms with Gasteiger partial charge in [-0.25, -0.2) is 0 Å². The Morgan fingerprint density at radius 1 is 0.822 bits per heavy atom. The summed E-state index contributed by atoms with van der Waals surface area (Å²) in [5.41, 5.74) is -0.816. The molecule has 3 fully saturated rings. The van der Waals surface area contributed by atoms with Gasteiger partial charge in [-0.1, -0.05) is 117 Å². The number of carbonyl (C=O) groups is 3. The molecular formula is C37H66N2O6. The van der Waals surface area contributed by atoms with Crippen molar-refractivity contribution in [2.24, 2.45) is 22.7 Å². The molecule has 0 aromatic rings. The average Bonchev–Trinajstić information content (AvgIpc) is 3.41. The molecule has 8 heteroatoms. The summed E-state index contributed by atoms with van der Waals surface area (Å²) in [5.74, 6) is -2.98. The molecule has 3 rings (SSSR count). The number of carbonyl (C=O) groups excluding carboxylic acids is 2. The highest BCUT2D eigenvalue weighted by Gasteiger charge is 2.48. The second kappa shape index (κ2) is 18.0. The van der Waals surface area contributed by atoms with E-state index in [2.05, 4.69) is 17.6 Å². The molecule has 8 nitrogen and oxygen atoms in total. The number of unbranched alkanes of at least 4 members (excludes halogenated alkanes) is 12. The van der Waals surface area contributed by atoms with Crippen LogP contribution in [0.3, 0.4) is 0 Å². The van der Waals surface area contributed by atoms with Gasteiger partial charge in [0.05, 0.1) is 12.5 Å². The number of aliphatic carboxylic acids is 1. The number of carboxylic acids is 1. The van der Waals surface area contributed by atoms with Gasteiger partial charge < -0.3 is 25.2 Å². The molecule has 2 saturated carbocycles. The molecule has 0 aromatic carbocycles. The van der Waals surface area contributed by atoms with Gasteiger partial charge >= 0.3 is 5.97 Å². The van der Waals surface area contributed by atoms with E-state index < -0.39 is 29.2 Å². The summed E-state index contributed by atoms with van der Waals surface area (Å²) in [4.78, 5) is 39.3. The van der Waals surface area contributed by atoms with Crippen molar-refractivity contribution in [2.75, 3.05) is 13.2 Å². The van der Waals surface area contributed by atoms with E-state index in [-0.39, 0.29) is 35.7 Å². The first kappa shape index (κ1) is 37.8. The summed E-state index contributed by atoms with van der Waals surface area (Å²) in [6.45, 7) is 10.0. The van der Waals surface area contributed by atoms with Gasteiger partial charge in [-0.2, -0.15) is 0 Å². The second-order valence-electron chi connectivity index (χ2n) is 15.7. The first-order valence-electron chi connectivity index (χ1n) is 18.5. The quantitative estimate of drug-likeness (QED) is 0.111. The minimum atomic E-state index is -0.931. The van der Waals surface area contributed by atoms with Crippen LogP contribution in [0.25, 0.3) is 0 Å². The third kappa shape index (κ3) is 11.5. The summed E-state index contributed by atoms with van der Waals surface area (Å²) >= 11 is 0. The monoisotopic (exact) mass is 634 g/mol. The first-order chi connectivity index (χ1) is 21.4. The van der Waals surface area contributed by atoms with Crippen molar-refractivity contribution in [2.45, 2.75) is 181 Å². The van der Waals surface area contributed by atoms with E-state index in [0.717, 1.165) is 51.4 Å². The molecule has 0 aromatic heterocycles. The zero-order valence-electron chi connectivity index (χ0n) is 29.4. The predicted molar refractivity (Wildman–Crippen MR) is 179 cm³/mol. The number of ether oxygens (including phenoxy) is 2. The van der Waals surface area contributed by atoms with E-state index in [1.165, 1.54) is 77.0 Å². The van der Waals surface area contributed by atoms with Crippen molar-refractivity contribution in [3.8, 4) is 0 Å². The van der Waals surface area contributed by atoms with Crippen LogP contribution in [0, 0.1) is 22.7 Å².